The van der Waals surface area contributed by atoms with E-state index in [0.717, 1.165) is 75.3 Å². The lowest BCUT2D eigenvalue weighted by atomic mass is 9.67. The molecule has 1 nitrogen and oxygen atoms in total. The number of benzene rings is 2. The van der Waals surface area contributed by atoms with Crippen molar-refractivity contribution in [3.05, 3.63) is 70.3 Å². The summed E-state index contributed by atoms with van der Waals surface area (Å²) in [7, 11) is 0. The van der Waals surface area contributed by atoms with Gasteiger partial charge in [0.25, 0.3) is 0 Å². The molecule has 4 fully saturated rings. The zero-order chi connectivity index (χ0) is 40.3. The van der Waals surface area contributed by atoms with Gasteiger partial charge < -0.3 is 4.74 Å². The van der Waals surface area contributed by atoms with Gasteiger partial charge in [0.1, 0.15) is 0 Å². The minimum Gasteiger partial charge on any atom is -0.365 e. The molecule has 7 heteroatoms. The molecule has 0 N–H and O–H groups in total. The van der Waals surface area contributed by atoms with Crippen LogP contribution in [0.4, 0.5) is 26.3 Å². The van der Waals surface area contributed by atoms with Crippen LogP contribution in [0.5, 0.6) is 0 Å². The van der Waals surface area contributed by atoms with E-state index in [0.29, 0.717) is 23.7 Å². The monoisotopic (exact) mass is 803 g/mol. The normalized spacial score (nSPS) is 29.6. The third-order valence-electron chi connectivity index (χ3n) is 15.6. The number of unbranched alkanes of at least 4 members (excludes halogenated alkanes) is 6. The zero-order valence-corrected chi connectivity index (χ0v) is 35.1. The van der Waals surface area contributed by atoms with Gasteiger partial charge in [-0.05, 0) is 137 Å². The predicted molar refractivity (Wildman–Crippen MR) is 219 cm³/mol. The van der Waals surface area contributed by atoms with Crippen molar-refractivity contribution in [2.75, 3.05) is 0 Å². The Morgan fingerprint density at radius 1 is 0.421 bits per heavy atom. The van der Waals surface area contributed by atoms with E-state index < -0.39 is 47.1 Å². The van der Waals surface area contributed by atoms with Gasteiger partial charge in [0.2, 0.25) is 0 Å². The van der Waals surface area contributed by atoms with Crippen LogP contribution >= 0.6 is 0 Å². The quantitative estimate of drug-likeness (QED) is 0.0829. The molecule has 57 heavy (non-hydrogen) atoms. The first-order chi connectivity index (χ1) is 27.7. The van der Waals surface area contributed by atoms with Crippen LogP contribution in [0.25, 0.3) is 0 Å². The van der Waals surface area contributed by atoms with E-state index in [2.05, 4.69) is 13.8 Å². The average molecular weight is 803 g/mol. The molecule has 2 unspecified atom stereocenters. The molecule has 0 aromatic heterocycles. The average Bonchev–Trinajstić information content (AvgIpc) is 3.24. The molecule has 0 saturated heterocycles. The molecular weight excluding hydrogens is 731 g/mol. The molecule has 6 rings (SSSR count). The summed E-state index contributed by atoms with van der Waals surface area (Å²) < 4.78 is 97.0. The van der Waals surface area contributed by atoms with Gasteiger partial charge in [0.15, 0.2) is 34.9 Å². The Morgan fingerprint density at radius 2 is 0.754 bits per heavy atom. The van der Waals surface area contributed by atoms with Crippen LogP contribution in [0.3, 0.4) is 0 Å². The Labute approximate surface area is 340 Å². The van der Waals surface area contributed by atoms with Crippen molar-refractivity contribution < 1.29 is 31.1 Å². The standard InChI is InChI=1S/C50H72F6O/c1-3-5-7-9-11-33-13-17-35(18-14-33)37-21-25-39(26-22-37)49(41-29-31-43(51)47(55)45(41)53)57-50(42-30-32-44(52)48(56)46(42)54)40-27-23-38(24-28-40)36-19-15-34(16-20-36)12-10-8-6-4-2/h29-40,49-50H,3-28H2,1-2H3/t33-,34-,35-,36-,37-,38-,39-,40-,49?,50?. The highest BCUT2D eigenvalue weighted by molar-refractivity contribution is 5.26. The summed E-state index contributed by atoms with van der Waals surface area (Å²) in [5.41, 5.74) is -0.150. The van der Waals surface area contributed by atoms with E-state index in [9.17, 15) is 17.6 Å². The van der Waals surface area contributed by atoms with Gasteiger partial charge in [0.05, 0.1) is 12.2 Å². The van der Waals surface area contributed by atoms with Crippen molar-refractivity contribution in [1.29, 1.82) is 0 Å². The fourth-order valence-electron chi connectivity index (χ4n) is 12.0. The van der Waals surface area contributed by atoms with Gasteiger partial charge in [-0.15, -0.1) is 0 Å². The summed E-state index contributed by atoms with van der Waals surface area (Å²) in [6.45, 7) is 4.50. The molecule has 2 aromatic carbocycles. The number of halogens is 6. The number of hydrogen-bond donors (Lipinski definition) is 0. The molecule has 2 atom stereocenters. The second-order valence-corrected chi connectivity index (χ2v) is 19.1. The second-order valence-electron chi connectivity index (χ2n) is 19.1. The highest BCUT2D eigenvalue weighted by Crippen LogP contribution is 2.51. The van der Waals surface area contributed by atoms with Crippen molar-refractivity contribution >= 4 is 0 Å². The zero-order valence-electron chi connectivity index (χ0n) is 35.1. The Kier molecular flexibility index (Phi) is 17.2. The van der Waals surface area contributed by atoms with Crippen LogP contribution in [0.1, 0.15) is 204 Å². The first kappa shape index (κ1) is 44.5. The second kappa shape index (κ2) is 22.0. The summed E-state index contributed by atoms with van der Waals surface area (Å²) >= 11 is 0. The fourth-order valence-corrected chi connectivity index (χ4v) is 12.0. The predicted octanol–water partition coefficient (Wildman–Crippen LogP) is 16.5. The van der Waals surface area contributed by atoms with Crippen molar-refractivity contribution in [3.8, 4) is 0 Å². The molecule has 0 amide bonds. The lowest BCUT2D eigenvalue weighted by molar-refractivity contribution is -0.0963. The van der Waals surface area contributed by atoms with Crippen LogP contribution in [0.2, 0.25) is 0 Å². The lowest BCUT2D eigenvalue weighted by Crippen LogP contribution is -2.32. The van der Waals surface area contributed by atoms with E-state index in [4.69, 9.17) is 4.74 Å². The third-order valence-corrected chi connectivity index (χ3v) is 15.6. The van der Waals surface area contributed by atoms with Crippen LogP contribution in [-0.4, -0.2) is 0 Å². The highest BCUT2D eigenvalue weighted by atomic mass is 19.2. The number of ether oxygens (including phenoxy) is 1. The Hall–Kier alpha value is -2.02. The minimum atomic E-state index is -1.55. The van der Waals surface area contributed by atoms with Gasteiger partial charge in [-0.3, -0.25) is 0 Å². The fraction of sp³-hybridized carbons (Fsp3) is 0.760. The highest BCUT2D eigenvalue weighted by Gasteiger charge is 2.41. The van der Waals surface area contributed by atoms with Gasteiger partial charge in [-0.2, -0.15) is 0 Å². The van der Waals surface area contributed by atoms with Crippen LogP contribution < -0.4 is 0 Å². The first-order valence-corrected chi connectivity index (χ1v) is 23.6. The van der Waals surface area contributed by atoms with Gasteiger partial charge >= 0.3 is 0 Å². The Morgan fingerprint density at radius 3 is 1.09 bits per heavy atom. The van der Waals surface area contributed by atoms with E-state index >= 15 is 8.78 Å². The molecular formula is C50H72F6O. The molecule has 0 spiro atoms. The van der Waals surface area contributed by atoms with Crippen molar-refractivity contribution in [2.45, 2.75) is 193 Å². The number of hydrogen-bond acceptors (Lipinski definition) is 1. The van der Waals surface area contributed by atoms with E-state index in [-0.39, 0.29) is 23.0 Å². The molecule has 4 saturated carbocycles. The maximum absolute atomic E-state index is 15.8. The molecule has 320 valence electrons. The van der Waals surface area contributed by atoms with E-state index in [1.54, 1.807) is 0 Å². The van der Waals surface area contributed by atoms with Crippen molar-refractivity contribution in [1.82, 2.24) is 0 Å². The molecule has 4 aliphatic carbocycles. The van der Waals surface area contributed by atoms with E-state index in [1.807, 2.05) is 0 Å². The Balaban J connectivity index is 1.15. The summed E-state index contributed by atoms with van der Waals surface area (Å²) in [5.74, 6) is -4.53. The summed E-state index contributed by atoms with van der Waals surface area (Å²) in [6.07, 6.45) is 27.9. The lowest BCUT2D eigenvalue weighted by Gasteiger charge is -2.43. The van der Waals surface area contributed by atoms with Crippen LogP contribution in [0, 0.1) is 82.2 Å². The summed E-state index contributed by atoms with van der Waals surface area (Å²) in [5, 5.41) is 0. The van der Waals surface area contributed by atoms with Crippen molar-refractivity contribution in [2.24, 2.45) is 47.3 Å². The van der Waals surface area contributed by atoms with Gasteiger partial charge in [-0.25, -0.2) is 26.3 Å². The largest absolute Gasteiger partial charge is 0.365 e. The van der Waals surface area contributed by atoms with E-state index in [1.165, 1.54) is 128 Å². The van der Waals surface area contributed by atoms with Gasteiger partial charge in [-0.1, -0.05) is 116 Å². The molecule has 0 radical (unpaired) electrons. The Bertz CT molecular complexity index is 1390. The molecule has 2 aromatic rings. The molecule has 4 aliphatic rings. The molecule has 0 bridgehead atoms. The molecule has 0 heterocycles. The smallest absolute Gasteiger partial charge is 0.194 e. The van der Waals surface area contributed by atoms with Crippen LogP contribution in [0.15, 0.2) is 24.3 Å². The summed E-state index contributed by atoms with van der Waals surface area (Å²) in [6, 6.07) is 4.41. The maximum atomic E-state index is 15.8. The van der Waals surface area contributed by atoms with Crippen molar-refractivity contribution in [3.63, 3.8) is 0 Å². The van der Waals surface area contributed by atoms with Crippen LogP contribution in [-0.2, 0) is 4.74 Å². The topological polar surface area (TPSA) is 9.23 Å². The summed E-state index contributed by atoms with van der Waals surface area (Å²) in [4.78, 5) is 0. The third kappa shape index (κ3) is 11.6. The maximum Gasteiger partial charge on any atom is 0.194 e. The SMILES string of the molecule is CCCCCC[C@H]1CC[C@H]([C@H]2CC[C@H](C(OC(c3ccc(F)c(F)c3F)[C@H]3CC[C@H]([C@H]4CC[C@H](CCCCCC)CC4)CC3)c3ccc(F)c(F)c3F)CC2)CC1. The first-order valence-electron chi connectivity index (χ1n) is 23.6. The van der Waals surface area contributed by atoms with Gasteiger partial charge in [0, 0.05) is 11.1 Å². The minimum absolute atomic E-state index is 0.0749. The molecule has 0 aliphatic heterocycles. The number of rotatable bonds is 18.